The van der Waals surface area contributed by atoms with Gasteiger partial charge < -0.3 is 5.32 Å². The minimum atomic E-state index is -0.953. The first-order valence-electron chi connectivity index (χ1n) is 7.65. The summed E-state index contributed by atoms with van der Waals surface area (Å²) in [5.41, 5.74) is 2.24. The second-order valence-electron chi connectivity index (χ2n) is 5.74. The number of carbonyl (C=O) groups excluding carboxylic acids is 1. The normalized spacial score (nSPS) is 17.8. The average Bonchev–Trinajstić information content (AvgIpc) is 2.55. The number of hydrogen-bond acceptors (Lipinski definition) is 3. The standard InChI is InChI=1S/C18H18FNO2S2/c1-24(22)11-12-4-2-5-13(10-12)18(21)20-16-8-9-23-17-14(16)6-3-7-15(17)19/h2-7,10,16H,8-9,11H2,1H3,(H,20,21)/t16-,24-/m0/s1. The van der Waals surface area contributed by atoms with Crippen molar-refractivity contribution in [3.63, 3.8) is 0 Å². The smallest absolute Gasteiger partial charge is 0.251 e. The van der Waals surface area contributed by atoms with Crippen LogP contribution in [-0.4, -0.2) is 22.1 Å². The summed E-state index contributed by atoms with van der Waals surface area (Å²) in [4.78, 5) is 13.2. The van der Waals surface area contributed by atoms with Crippen LogP contribution >= 0.6 is 11.8 Å². The number of carbonyl (C=O) groups is 1. The van der Waals surface area contributed by atoms with Gasteiger partial charge in [-0.3, -0.25) is 9.00 Å². The fourth-order valence-electron chi connectivity index (χ4n) is 2.82. The maximum atomic E-state index is 13.9. The second-order valence-corrected chi connectivity index (χ2v) is 8.28. The van der Waals surface area contributed by atoms with Gasteiger partial charge in [-0.15, -0.1) is 11.8 Å². The highest BCUT2D eigenvalue weighted by atomic mass is 32.2. The molecule has 6 heteroatoms. The average molecular weight is 363 g/mol. The summed E-state index contributed by atoms with van der Waals surface area (Å²) in [6.45, 7) is 0. The number of rotatable bonds is 4. The summed E-state index contributed by atoms with van der Waals surface area (Å²) >= 11 is 1.49. The number of fused-ring (bicyclic) bond motifs is 1. The SMILES string of the molecule is C[S@](=O)Cc1cccc(C(=O)N[C@H]2CCSc3c(F)cccc32)c1. The third kappa shape index (κ3) is 3.87. The van der Waals surface area contributed by atoms with E-state index in [2.05, 4.69) is 5.32 Å². The molecule has 24 heavy (non-hydrogen) atoms. The number of nitrogens with one attached hydrogen (secondary N) is 1. The van der Waals surface area contributed by atoms with Gasteiger partial charge in [-0.05, 0) is 35.7 Å². The van der Waals surface area contributed by atoms with Crippen molar-refractivity contribution < 1.29 is 13.4 Å². The van der Waals surface area contributed by atoms with E-state index in [1.807, 2.05) is 12.1 Å². The van der Waals surface area contributed by atoms with Crippen LogP contribution in [-0.2, 0) is 16.6 Å². The van der Waals surface area contributed by atoms with Crippen LogP contribution in [0.2, 0.25) is 0 Å². The van der Waals surface area contributed by atoms with Crippen LogP contribution in [0.15, 0.2) is 47.4 Å². The monoisotopic (exact) mass is 363 g/mol. The van der Waals surface area contributed by atoms with Crippen LogP contribution in [0.5, 0.6) is 0 Å². The molecule has 0 bridgehead atoms. The molecule has 1 amide bonds. The van der Waals surface area contributed by atoms with E-state index in [-0.39, 0.29) is 17.8 Å². The van der Waals surface area contributed by atoms with Crippen molar-refractivity contribution in [1.29, 1.82) is 0 Å². The Balaban J connectivity index is 1.79. The predicted octanol–water partition coefficient (Wildman–Crippen LogP) is 3.67. The zero-order valence-electron chi connectivity index (χ0n) is 13.3. The Bertz CT molecular complexity index is 794. The van der Waals surface area contributed by atoms with Crippen molar-refractivity contribution in [1.82, 2.24) is 5.32 Å². The Morgan fingerprint density at radius 3 is 2.92 bits per heavy atom. The molecule has 1 heterocycles. The van der Waals surface area contributed by atoms with Gasteiger partial charge in [0.1, 0.15) is 5.82 Å². The molecule has 2 aromatic rings. The predicted molar refractivity (Wildman–Crippen MR) is 96.2 cm³/mol. The van der Waals surface area contributed by atoms with E-state index in [4.69, 9.17) is 0 Å². The highest BCUT2D eigenvalue weighted by Gasteiger charge is 2.24. The Kier molecular flexibility index (Phi) is 5.36. The van der Waals surface area contributed by atoms with Crippen LogP contribution < -0.4 is 5.32 Å². The van der Waals surface area contributed by atoms with Crippen LogP contribution in [0.3, 0.4) is 0 Å². The molecule has 0 unspecified atom stereocenters. The molecule has 3 rings (SSSR count). The minimum absolute atomic E-state index is 0.187. The topological polar surface area (TPSA) is 46.2 Å². The van der Waals surface area contributed by atoms with Crippen LogP contribution in [0.4, 0.5) is 4.39 Å². The Morgan fingerprint density at radius 2 is 2.12 bits per heavy atom. The van der Waals surface area contributed by atoms with Gasteiger partial charge in [0.05, 0.1) is 6.04 Å². The summed E-state index contributed by atoms with van der Waals surface area (Å²) < 4.78 is 25.3. The second kappa shape index (κ2) is 7.49. The Labute approximate surface area is 147 Å². The van der Waals surface area contributed by atoms with Gasteiger partial charge in [-0.2, -0.15) is 0 Å². The molecule has 0 spiro atoms. The molecule has 2 aromatic carbocycles. The molecule has 1 aliphatic rings. The molecule has 2 atom stereocenters. The van der Waals surface area contributed by atoms with Crippen molar-refractivity contribution >= 4 is 28.5 Å². The van der Waals surface area contributed by atoms with Crippen molar-refractivity contribution in [3.8, 4) is 0 Å². The maximum Gasteiger partial charge on any atom is 0.251 e. The molecule has 0 radical (unpaired) electrons. The van der Waals surface area contributed by atoms with Gasteiger partial charge in [0.2, 0.25) is 0 Å². The zero-order valence-corrected chi connectivity index (χ0v) is 14.9. The largest absolute Gasteiger partial charge is 0.345 e. The highest BCUT2D eigenvalue weighted by Crippen LogP contribution is 2.37. The number of amides is 1. The number of halogens is 1. The molecule has 0 aromatic heterocycles. The van der Waals surface area contributed by atoms with E-state index < -0.39 is 10.8 Å². The summed E-state index contributed by atoms with van der Waals surface area (Å²) in [6, 6.07) is 12.0. The van der Waals surface area contributed by atoms with Gasteiger partial charge in [0, 0.05) is 39.0 Å². The Hall–Kier alpha value is -1.66. The zero-order chi connectivity index (χ0) is 17.1. The fraction of sp³-hybridized carbons (Fsp3) is 0.278. The number of benzene rings is 2. The molecule has 0 aliphatic carbocycles. The molecule has 1 N–H and O–H groups in total. The first kappa shape index (κ1) is 17.2. The minimum Gasteiger partial charge on any atom is -0.345 e. The summed E-state index contributed by atoms with van der Waals surface area (Å²) in [6.07, 6.45) is 2.41. The molecule has 0 saturated carbocycles. The maximum absolute atomic E-state index is 13.9. The van der Waals surface area contributed by atoms with Crippen molar-refractivity contribution in [2.45, 2.75) is 23.1 Å². The summed E-state index contributed by atoms with van der Waals surface area (Å²) in [5, 5.41) is 3.00. The van der Waals surface area contributed by atoms with E-state index >= 15 is 0 Å². The summed E-state index contributed by atoms with van der Waals surface area (Å²) in [5.74, 6) is 0.776. The molecule has 126 valence electrons. The molecule has 3 nitrogen and oxygen atoms in total. The summed E-state index contributed by atoms with van der Waals surface area (Å²) in [7, 11) is -0.953. The van der Waals surface area contributed by atoms with Crippen LogP contribution in [0, 0.1) is 5.82 Å². The van der Waals surface area contributed by atoms with Crippen LogP contribution in [0.1, 0.15) is 33.9 Å². The van der Waals surface area contributed by atoms with Crippen molar-refractivity contribution in [2.75, 3.05) is 12.0 Å². The molecule has 1 aliphatic heterocycles. The van der Waals surface area contributed by atoms with E-state index in [0.717, 1.165) is 23.3 Å². The van der Waals surface area contributed by atoms with Crippen molar-refractivity contribution in [2.24, 2.45) is 0 Å². The first-order chi connectivity index (χ1) is 11.5. The van der Waals surface area contributed by atoms with Gasteiger partial charge in [0.25, 0.3) is 5.91 Å². The lowest BCUT2D eigenvalue weighted by Gasteiger charge is -2.26. The van der Waals surface area contributed by atoms with Gasteiger partial charge >= 0.3 is 0 Å². The number of thioether (sulfide) groups is 1. The lowest BCUT2D eigenvalue weighted by molar-refractivity contribution is 0.0934. The third-order valence-electron chi connectivity index (χ3n) is 3.89. The Morgan fingerprint density at radius 1 is 1.33 bits per heavy atom. The first-order valence-corrected chi connectivity index (χ1v) is 10.4. The van der Waals surface area contributed by atoms with E-state index in [9.17, 15) is 13.4 Å². The molecule has 0 fully saturated rings. The van der Waals surface area contributed by atoms with E-state index in [1.54, 1.807) is 30.5 Å². The van der Waals surface area contributed by atoms with Gasteiger partial charge in [-0.25, -0.2) is 4.39 Å². The lowest BCUT2D eigenvalue weighted by Crippen LogP contribution is -2.31. The van der Waals surface area contributed by atoms with Crippen LogP contribution in [0.25, 0.3) is 0 Å². The lowest BCUT2D eigenvalue weighted by atomic mass is 10.0. The highest BCUT2D eigenvalue weighted by molar-refractivity contribution is 7.99. The van der Waals surface area contributed by atoms with E-state index in [1.165, 1.54) is 17.8 Å². The molecular weight excluding hydrogens is 345 g/mol. The quantitative estimate of drug-likeness (QED) is 0.901. The van der Waals surface area contributed by atoms with Gasteiger partial charge in [-0.1, -0.05) is 24.3 Å². The number of hydrogen-bond donors (Lipinski definition) is 1. The molecular formula is C18H18FNO2S2. The van der Waals surface area contributed by atoms with E-state index in [0.29, 0.717) is 16.2 Å². The van der Waals surface area contributed by atoms with Gasteiger partial charge in [0.15, 0.2) is 0 Å². The van der Waals surface area contributed by atoms with Crippen molar-refractivity contribution in [3.05, 3.63) is 65.0 Å². The molecule has 0 saturated heterocycles. The fourth-order valence-corrected chi connectivity index (χ4v) is 4.60. The third-order valence-corrected chi connectivity index (χ3v) is 5.79.